The second kappa shape index (κ2) is 6.06. The van der Waals surface area contributed by atoms with Crippen molar-refractivity contribution in [1.82, 2.24) is 0 Å². The molecule has 20 heavy (non-hydrogen) atoms. The van der Waals surface area contributed by atoms with E-state index in [0.717, 1.165) is 0 Å². The Hall–Kier alpha value is -1.20. The molecular formula is C14H9BrClF3O. The first kappa shape index (κ1) is 15.2. The molecule has 0 aliphatic heterocycles. The van der Waals surface area contributed by atoms with E-state index in [2.05, 4.69) is 20.7 Å². The van der Waals surface area contributed by atoms with Crippen molar-refractivity contribution >= 4 is 27.5 Å². The fraction of sp³-hybridized carbons (Fsp3) is 0.143. The highest BCUT2D eigenvalue weighted by Crippen LogP contribution is 2.38. The third kappa shape index (κ3) is 3.46. The molecule has 0 aromatic heterocycles. The van der Waals surface area contributed by atoms with Crippen molar-refractivity contribution in [2.75, 3.05) is 0 Å². The van der Waals surface area contributed by atoms with Crippen LogP contribution in [0, 0.1) is 0 Å². The minimum absolute atomic E-state index is 0.246. The first-order valence-electron chi connectivity index (χ1n) is 5.61. The number of hydrogen-bond donors (Lipinski definition) is 0. The zero-order valence-corrected chi connectivity index (χ0v) is 12.4. The normalized spacial score (nSPS) is 11.4. The van der Waals surface area contributed by atoms with Crippen LogP contribution in [-0.4, -0.2) is 6.36 Å². The molecule has 0 spiro atoms. The summed E-state index contributed by atoms with van der Waals surface area (Å²) in [5, 5.41) is 0.920. The van der Waals surface area contributed by atoms with E-state index in [0.29, 0.717) is 27.0 Å². The van der Waals surface area contributed by atoms with Gasteiger partial charge in [0.15, 0.2) is 0 Å². The third-order valence-electron chi connectivity index (χ3n) is 2.66. The van der Waals surface area contributed by atoms with Crippen LogP contribution >= 0.6 is 27.5 Å². The lowest BCUT2D eigenvalue weighted by Crippen LogP contribution is -2.17. The van der Waals surface area contributed by atoms with Gasteiger partial charge in [0.1, 0.15) is 5.75 Å². The van der Waals surface area contributed by atoms with Crippen molar-refractivity contribution in [2.45, 2.75) is 11.7 Å². The quantitative estimate of drug-likeness (QED) is 0.625. The lowest BCUT2D eigenvalue weighted by atomic mass is 10.00. The van der Waals surface area contributed by atoms with Crippen LogP contribution in [0.2, 0.25) is 5.02 Å². The molecule has 0 fully saturated rings. The molecule has 2 aromatic rings. The van der Waals surface area contributed by atoms with Gasteiger partial charge < -0.3 is 4.74 Å². The largest absolute Gasteiger partial charge is 0.573 e. The summed E-state index contributed by atoms with van der Waals surface area (Å²) in [5.74, 6) is -0.246. The van der Waals surface area contributed by atoms with Crippen LogP contribution in [0.1, 0.15) is 5.56 Å². The highest BCUT2D eigenvalue weighted by Gasteiger charge is 2.32. The molecule has 6 heteroatoms. The molecule has 0 saturated heterocycles. The van der Waals surface area contributed by atoms with Gasteiger partial charge in [0, 0.05) is 15.9 Å². The minimum Gasteiger partial charge on any atom is -0.405 e. The van der Waals surface area contributed by atoms with Crippen molar-refractivity contribution in [1.29, 1.82) is 0 Å². The van der Waals surface area contributed by atoms with E-state index in [-0.39, 0.29) is 5.75 Å². The summed E-state index contributed by atoms with van der Waals surface area (Å²) in [6.45, 7) is 0. The van der Waals surface area contributed by atoms with Crippen molar-refractivity contribution < 1.29 is 17.9 Å². The summed E-state index contributed by atoms with van der Waals surface area (Å²) in [7, 11) is 0. The van der Waals surface area contributed by atoms with Crippen LogP contribution in [0.15, 0.2) is 42.5 Å². The van der Waals surface area contributed by atoms with Gasteiger partial charge in [-0.15, -0.1) is 13.2 Å². The lowest BCUT2D eigenvalue weighted by Gasteiger charge is -2.15. The molecule has 0 atom stereocenters. The van der Waals surface area contributed by atoms with Crippen LogP contribution in [0.3, 0.4) is 0 Å². The average molecular weight is 366 g/mol. The molecule has 0 aliphatic rings. The molecule has 0 bridgehead atoms. The molecule has 0 aliphatic carbocycles. The summed E-state index contributed by atoms with van der Waals surface area (Å²) in [4.78, 5) is 0. The van der Waals surface area contributed by atoms with Gasteiger partial charge in [0.25, 0.3) is 0 Å². The summed E-state index contributed by atoms with van der Waals surface area (Å²) in [6, 6.07) is 11.1. The van der Waals surface area contributed by atoms with Gasteiger partial charge in [-0.25, -0.2) is 0 Å². The Morgan fingerprint density at radius 1 is 1.00 bits per heavy atom. The van der Waals surface area contributed by atoms with Crippen molar-refractivity contribution in [2.24, 2.45) is 0 Å². The Morgan fingerprint density at radius 2 is 1.65 bits per heavy atom. The average Bonchev–Trinajstić information content (AvgIpc) is 2.37. The zero-order valence-electron chi connectivity index (χ0n) is 10.0. The lowest BCUT2D eigenvalue weighted by molar-refractivity contribution is -0.274. The van der Waals surface area contributed by atoms with Gasteiger partial charge in [-0.1, -0.05) is 57.9 Å². The van der Waals surface area contributed by atoms with Crippen LogP contribution in [0.25, 0.3) is 11.1 Å². The summed E-state index contributed by atoms with van der Waals surface area (Å²) in [6.07, 6.45) is -4.73. The molecule has 106 valence electrons. The number of halogens is 5. The minimum atomic E-state index is -4.73. The fourth-order valence-corrected chi connectivity index (χ4v) is 2.86. The summed E-state index contributed by atoms with van der Waals surface area (Å²) < 4.78 is 41.4. The maximum absolute atomic E-state index is 12.4. The van der Waals surface area contributed by atoms with Crippen molar-refractivity contribution in [3.05, 3.63) is 53.1 Å². The van der Waals surface area contributed by atoms with E-state index < -0.39 is 6.36 Å². The molecule has 1 nitrogen and oxygen atoms in total. The number of rotatable bonds is 3. The highest BCUT2D eigenvalue weighted by molar-refractivity contribution is 9.08. The topological polar surface area (TPSA) is 9.23 Å². The van der Waals surface area contributed by atoms with Crippen LogP contribution in [-0.2, 0) is 5.33 Å². The van der Waals surface area contributed by atoms with E-state index in [1.807, 2.05) is 0 Å². The van der Waals surface area contributed by atoms with E-state index in [9.17, 15) is 13.2 Å². The molecule has 0 radical (unpaired) electrons. The first-order chi connectivity index (χ1) is 9.42. The standard InChI is InChI=1S/C14H9BrClF3O/c15-8-11-9(5-3-6-12(11)16)10-4-1-2-7-13(10)20-14(17,18)19/h1-7H,8H2. The van der Waals surface area contributed by atoms with Gasteiger partial charge in [-0.05, 0) is 23.3 Å². The Kier molecular flexibility index (Phi) is 4.60. The Morgan fingerprint density at radius 3 is 2.30 bits per heavy atom. The monoisotopic (exact) mass is 364 g/mol. The predicted octanol–water partition coefficient (Wildman–Crippen LogP) is 5.80. The number of benzene rings is 2. The van der Waals surface area contributed by atoms with E-state index in [1.54, 1.807) is 30.3 Å². The second-order valence-corrected chi connectivity index (χ2v) is 4.91. The van der Waals surface area contributed by atoms with Gasteiger partial charge >= 0.3 is 6.36 Å². The first-order valence-corrected chi connectivity index (χ1v) is 7.11. The Balaban J connectivity index is 2.56. The number of para-hydroxylation sites is 1. The maximum atomic E-state index is 12.4. The Labute approximate surface area is 127 Å². The molecule has 0 amide bonds. The maximum Gasteiger partial charge on any atom is 0.573 e. The molecule has 0 N–H and O–H groups in total. The number of ether oxygens (including phenoxy) is 1. The van der Waals surface area contributed by atoms with Gasteiger partial charge in [-0.3, -0.25) is 0 Å². The molecule has 2 aromatic carbocycles. The van der Waals surface area contributed by atoms with E-state index >= 15 is 0 Å². The zero-order chi connectivity index (χ0) is 14.8. The SMILES string of the molecule is FC(F)(F)Oc1ccccc1-c1cccc(Cl)c1CBr. The number of hydrogen-bond acceptors (Lipinski definition) is 1. The van der Waals surface area contributed by atoms with Crippen molar-refractivity contribution in [3.8, 4) is 16.9 Å². The van der Waals surface area contributed by atoms with Gasteiger partial charge in [-0.2, -0.15) is 0 Å². The van der Waals surface area contributed by atoms with Gasteiger partial charge in [0.2, 0.25) is 0 Å². The fourth-order valence-electron chi connectivity index (χ4n) is 1.85. The smallest absolute Gasteiger partial charge is 0.405 e. The second-order valence-electron chi connectivity index (χ2n) is 3.94. The molecule has 0 unspecified atom stereocenters. The predicted molar refractivity (Wildman–Crippen MR) is 76.2 cm³/mol. The number of alkyl halides is 4. The molecule has 0 heterocycles. The Bertz CT molecular complexity index is 614. The summed E-state index contributed by atoms with van der Waals surface area (Å²) >= 11 is 9.37. The van der Waals surface area contributed by atoms with Crippen LogP contribution < -0.4 is 4.74 Å². The van der Waals surface area contributed by atoms with E-state index in [4.69, 9.17) is 11.6 Å². The van der Waals surface area contributed by atoms with Crippen molar-refractivity contribution in [3.63, 3.8) is 0 Å². The molecular weight excluding hydrogens is 357 g/mol. The molecule has 0 saturated carbocycles. The summed E-state index contributed by atoms with van der Waals surface area (Å²) in [5.41, 5.74) is 1.67. The third-order valence-corrected chi connectivity index (χ3v) is 3.57. The van der Waals surface area contributed by atoms with Crippen LogP contribution in [0.4, 0.5) is 13.2 Å². The molecule has 2 rings (SSSR count). The van der Waals surface area contributed by atoms with Gasteiger partial charge in [0.05, 0.1) is 0 Å². The van der Waals surface area contributed by atoms with E-state index in [1.165, 1.54) is 12.1 Å². The highest BCUT2D eigenvalue weighted by atomic mass is 79.9. The van der Waals surface area contributed by atoms with Crippen LogP contribution in [0.5, 0.6) is 5.75 Å².